The van der Waals surface area contributed by atoms with Crippen molar-refractivity contribution in [2.75, 3.05) is 7.11 Å². The van der Waals surface area contributed by atoms with E-state index in [1.807, 2.05) is 43.3 Å². The van der Waals surface area contributed by atoms with E-state index in [4.69, 9.17) is 9.15 Å². The highest BCUT2D eigenvalue weighted by molar-refractivity contribution is 5.59. The number of ether oxygens (including phenoxy) is 1. The summed E-state index contributed by atoms with van der Waals surface area (Å²) >= 11 is 0. The number of hydrogen-bond donors (Lipinski definition) is 0. The molecular weight excluding hydrogens is 176 g/mol. The van der Waals surface area contributed by atoms with Crippen LogP contribution in [0.3, 0.4) is 0 Å². The Hall–Kier alpha value is -1.70. The predicted octanol–water partition coefficient (Wildman–Crippen LogP) is 3.26. The van der Waals surface area contributed by atoms with Crippen LogP contribution in [0.5, 0.6) is 5.95 Å². The molecule has 0 radical (unpaired) electrons. The van der Waals surface area contributed by atoms with Crippen LogP contribution in [-0.4, -0.2) is 7.11 Å². The summed E-state index contributed by atoms with van der Waals surface area (Å²) < 4.78 is 10.6. The van der Waals surface area contributed by atoms with E-state index in [1.165, 1.54) is 0 Å². The van der Waals surface area contributed by atoms with Crippen molar-refractivity contribution >= 4 is 0 Å². The first-order chi connectivity index (χ1) is 6.81. The molecule has 2 nitrogen and oxygen atoms in total. The van der Waals surface area contributed by atoms with Crippen LogP contribution in [-0.2, 0) is 0 Å². The maximum atomic E-state index is 5.53. The maximum absolute atomic E-state index is 5.53. The van der Waals surface area contributed by atoms with Gasteiger partial charge in [0.15, 0.2) is 0 Å². The zero-order chi connectivity index (χ0) is 9.97. The fourth-order valence-corrected chi connectivity index (χ4v) is 1.41. The summed E-state index contributed by atoms with van der Waals surface area (Å²) in [5.41, 5.74) is 2.09. The Morgan fingerprint density at radius 3 is 2.43 bits per heavy atom. The van der Waals surface area contributed by atoms with Crippen LogP contribution in [0.15, 0.2) is 40.8 Å². The third-order valence-corrected chi connectivity index (χ3v) is 2.12. The van der Waals surface area contributed by atoms with Crippen molar-refractivity contribution in [1.82, 2.24) is 0 Å². The SMILES string of the molecule is COc1oc(-c2ccccc2)cc1C. The third kappa shape index (κ3) is 1.51. The Balaban J connectivity index is 2.43. The van der Waals surface area contributed by atoms with Crippen molar-refractivity contribution in [1.29, 1.82) is 0 Å². The molecule has 1 aromatic heterocycles. The molecule has 0 spiro atoms. The summed E-state index contributed by atoms with van der Waals surface area (Å²) in [6.45, 7) is 1.97. The number of methoxy groups -OCH3 is 1. The number of benzene rings is 1. The minimum absolute atomic E-state index is 0.587. The summed E-state index contributed by atoms with van der Waals surface area (Å²) in [6, 6.07) is 12.0. The van der Waals surface area contributed by atoms with E-state index in [9.17, 15) is 0 Å². The zero-order valence-electron chi connectivity index (χ0n) is 8.28. The van der Waals surface area contributed by atoms with Crippen LogP contribution in [0, 0.1) is 6.92 Å². The maximum Gasteiger partial charge on any atom is 0.287 e. The summed E-state index contributed by atoms with van der Waals surface area (Å²) in [6.07, 6.45) is 0. The van der Waals surface area contributed by atoms with Crippen LogP contribution in [0.1, 0.15) is 5.56 Å². The summed E-state index contributed by atoms with van der Waals surface area (Å²) in [4.78, 5) is 0. The highest BCUT2D eigenvalue weighted by Gasteiger charge is 2.08. The second-order valence-electron chi connectivity index (χ2n) is 3.15. The van der Waals surface area contributed by atoms with Gasteiger partial charge in [-0.1, -0.05) is 30.3 Å². The van der Waals surface area contributed by atoms with Crippen molar-refractivity contribution in [3.63, 3.8) is 0 Å². The molecule has 0 saturated carbocycles. The number of aryl methyl sites for hydroxylation is 1. The van der Waals surface area contributed by atoms with Crippen molar-refractivity contribution in [2.45, 2.75) is 6.92 Å². The van der Waals surface area contributed by atoms with E-state index in [0.29, 0.717) is 5.95 Å². The molecule has 1 aromatic carbocycles. The molecule has 1 heterocycles. The van der Waals surface area contributed by atoms with Gasteiger partial charge in [-0.2, -0.15) is 0 Å². The molecule has 0 atom stereocenters. The molecule has 14 heavy (non-hydrogen) atoms. The fourth-order valence-electron chi connectivity index (χ4n) is 1.41. The molecule has 72 valence electrons. The van der Waals surface area contributed by atoms with Crippen molar-refractivity contribution in [3.05, 3.63) is 42.0 Å². The molecular formula is C12H12O2. The molecule has 0 fully saturated rings. The number of rotatable bonds is 2. The second kappa shape index (κ2) is 3.58. The van der Waals surface area contributed by atoms with Crippen molar-refractivity contribution in [2.24, 2.45) is 0 Å². The van der Waals surface area contributed by atoms with Gasteiger partial charge in [0.05, 0.1) is 7.11 Å². The Kier molecular flexibility index (Phi) is 2.27. The van der Waals surface area contributed by atoms with Crippen molar-refractivity contribution in [3.8, 4) is 17.3 Å². The first-order valence-electron chi connectivity index (χ1n) is 4.51. The molecule has 0 N–H and O–H groups in total. The molecule has 0 aliphatic heterocycles. The normalized spacial score (nSPS) is 10.1. The lowest BCUT2D eigenvalue weighted by atomic mass is 10.1. The first-order valence-corrected chi connectivity index (χ1v) is 4.51. The molecule has 0 aliphatic carbocycles. The minimum atomic E-state index is 0.587. The topological polar surface area (TPSA) is 22.4 Å². The average molecular weight is 188 g/mol. The summed E-state index contributed by atoms with van der Waals surface area (Å²) in [7, 11) is 1.61. The van der Waals surface area contributed by atoms with Gasteiger partial charge < -0.3 is 9.15 Å². The average Bonchev–Trinajstić information content (AvgIpc) is 2.61. The molecule has 0 saturated heterocycles. The largest absolute Gasteiger partial charge is 0.468 e. The smallest absolute Gasteiger partial charge is 0.287 e. The highest BCUT2D eigenvalue weighted by atomic mass is 16.6. The lowest BCUT2D eigenvalue weighted by Crippen LogP contribution is -1.79. The van der Waals surface area contributed by atoms with Gasteiger partial charge >= 0.3 is 0 Å². The van der Waals surface area contributed by atoms with E-state index in [-0.39, 0.29) is 0 Å². The van der Waals surface area contributed by atoms with Gasteiger partial charge in [0.2, 0.25) is 0 Å². The van der Waals surface area contributed by atoms with Gasteiger partial charge in [-0.25, -0.2) is 0 Å². The van der Waals surface area contributed by atoms with Gasteiger partial charge in [0.1, 0.15) is 5.76 Å². The van der Waals surface area contributed by atoms with Crippen LogP contribution in [0.25, 0.3) is 11.3 Å². The quantitative estimate of drug-likeness (QED) is 0.721. The lowest BCUT2D eigenvalue weighted by Gasteiger charge is -1.95. The first kappa shape index (κ1) is 8.88. The van der Waals surface area contributed by atoms with E-state index in [2.05, 4.69) is 0 Å². The summed E-state index contributed by atoms with van der Waals surface area (Å²) in [5, 5.41) is 0. The van der Waals surface area contributed by atoms with Crippen LogP contribution < -0.4 is 4.74 Å². The molecule has 2 aromatic rings. The van der Waals surface area contributed by atoms with Crippen LogP contribution in [0.2, 0.25) is 0 Å². The Morgan fingerprint density at radius 2 is 1.86 bits per heavy atom. The predicted molar refractivity (Wildman–Crippen MR) is 55.4 cm³/mol. The van der Waals surface area contributed by atoms with Crippen LogP contribution in [0.4, 0.5) is 0 Å². The van der Waals surface area contributed by atoms with E-state index in [0.717, 1.165) is 16.9 Å². The molecule has 0 aliphatic rings. The third-order valence-electron chi connectivity index (χ3n) is 2.12. The molecule has 0 unspecified atom stereocenters. The van der Waals surface area contributed by atoms with Gasteiger partial charge in [-0.3, -0.25) is 0 Å². The second-order valence-corrected chi connectivity index (χ2v) is 3.15. The Morgan fingerprint density at radius 1 is 1.14 bits per heavy atom. The van der Waals surface area contributed by atoms with Gasteiger partial charge in [-0.15, -0.1) is 0 Å². The van der Waals surface area contributed by atoms with E-state index < -0.39 is 0 Å². The molecule has 0 bridgehead atoms. The van der Waals surface area contributed by atoms with E-state index in [1.54, 1.807) is 7.11 Å². The van der Waals surface area contributed by atoms with Crippen molar-refractivity contribution < 1.29 is 9.15 Å². The lowest BCUT2D eigenvalue weighted by molar-refractivity contribution is 0.306. The van der Waals surface area contributed by atoms with Gasteiger partial charge in [-0.05, 0) is 13.0 Å². The van der Waals surface area contributed by atoms with Gasteiger partial charge in [0, 0.05) is 11.1 Å². The Labute approximate surface area is 83.1 Å². The fraction of sp³-hybridized carbons (Fsp3) is 0.167. The number of furan rings is 1. The summed E-state index contributed by atoms with van der Waals surface area (Å²) in [5.74, 6) is 1.43. The molecule has 2 rings (SSSR count). The standard InChI is InChI=1S/C12H12O2/c1-9-8-11(14-12(9)13-2)10-6-4-3-5-7-10/h3-8H,1-2H3. The highest BCUT2D eigenvalue weighted by Crippen LogP contribution is 2.29. The van der Waals surface area contributed by atoms with Gasteiger partial charge in [0.25, 0.3) is 5.95 Å². The minimum Gasteiger partial charge on any atom is -0.468 e. The van der Waals surface area contributed by atoms with Crippen LogP contribution >= 0.6 is 0 Å². The van der Waals surface area contributed by atoms with E-state index >= 15 is 0 Å². The molecule has 0 amide bonds. The Bertz CT molecular complexity index is 415. The number of hydrogen-bond acceptors (Lipinski definition) is 2. The zero-order valence-corrected chi connectivity index (χ0v) is 8.28. The monoisotopic (exact) mass is 188 g/mol. The molecule has 2 heteroatoms.